The second-order valence-corrected chi connectivity index (χ2v) is 5.84. The molecule has 4 rings (SSSR count). The molecule has 3 nitrogen and oxygen atoms in total. The largest absolute Gasteiger partial charge is 0.340 e. The zero-order valence-electron chi connectivity index (χ0n) is 12.6. The summed E-state index contributed by atoms with van der Waals surface area (Å²) in [4.78, 5) is 12.7. The van der Waals surface area contributed by atoms with E-state index >= 15 is 0 Å². The van der Waals surface area contributed by atoms with Crippen LogP contribution in [0.15, 0.2) is 65.5 Å². The number of pyridine rings is 1. The van der Waals surface area contributed by atoms with E-state index in [-0.39, 0.29) is 11.7 Å². The fraction of sp³-hybridized carbons (Fsp3) is 0.211. The van der Waals surface area contributed by atoms with E-state index in [4.69, 9.17) is 4.74 Å². The number of hydrogen-bond acceptors (Lipinski definition) is 2. The molecular formula is C19H17NO2. The Bertz CT molecular complexity index is 914. The van der Waals surface area contributed by atoms with Gasteiger partial charge >= 0.3 is 0 Å². The topological polar surface area (TPSA) is 34.5 Å². The predicted octanol–water partition coefficient (Wildman–Crippen LogP) is 3.43. The number of fused-ring (bicyclic) bond motifs is 1. The highest BCUT2D eigenvalue weighted by Gasteiger charge is 2.57. The smallest absolute Gasteiger partial charge is 0.253 e. The summed E-state index contributed by atoms with van der Waals surface area (Å²) in [6.07, 6.45) is -0.0290. The fourth-order valence-corrected chi connectivity index (χ4v) is 3.37. The normalized spacial score (nSPS) is 23.6. The molecule has 3 heteroatoms. The van der Waals surface area contributed by atoms with Gasteiger partial charge in [-0.1, -0.05) is 48.5 Å². The molecule has 0 bridgehead atoms. The lowest BCUT2D eigenvalue weighted by Crippen LogP contribution is -2.34. The third-order valence-corrected chi connectivity index (χ3v) is 4.50. The summed E-state index contributed by atoms with van der Waals surface area (Å²) in [6.45, 7) is 3.98. The molecule has 0 saturated carbocycles. The van der Waals surface area contributed by atoms with Crippen molar-refractivity contribution in [1.29, 1.82) is 0 Å². The van der Waals surface area contributed by atoms with E-state index in [0.717, 1.165) is 22.0 Å². The Morgan fingerprint density at radius 2 is 1.68 bits per heavy atom. The molecule has 2 atom stereocenters. The van der Waals surface area contributed by atoms with E-state index in [1.54, 1.807) is 10.6 Å². The number of epoxide rings is 1. The molecule has 2 heterocycles. The SMILES string of the molecule is Cc1cc(=O)n([C@]2(c3ccccc3)O[C@@H]2C)c2ccccc12. The maximum absolute atomic E-state index is 12.7. The predicted molar refractivity (Wildman–Crippen MR) is 87.0 cm³/mol. The van der Waals surface area contributed by atoms with Gasteiger partial charge in [-0.25, -0.2) is 0 Å². The molecule has 1 saturated heterocycles. The van der Waals surface area contributed by atoms with Gasteiger partial charge in [0.1, 0.15) is 6.10 Å². The van der Waals surface area contributed by atoms with Crippen LogP contribution >= 0.6 is 0 Å². The minimum Gasteiger partial charge on any atom is -0.340 e. The van der Waals surface area contributed by atoms with Gasteiger partial charge < -0.3 is 4.74 Å². The van der Waals surface area contributed by atoms with Crippen molar-refractivity contribution < 1.29 is 4.74 Å². The van der Waals surface area contributed by atoms with Gasteiger partial charge in [-0.3, -0.25) is 9.36 Å². The van der Waals surface area contributed by atoms with Crippen LogP contribution < -0.4 is 5.56 Å². The molecule has 3 aromatic rings. The number of para-hydroxylation sites is 1. The molecule has 0 N–H and O–H groups in total. The third-order valence-electron chi connectivity index (χ3n) is 4.50. The zero-order chi connectivity index (χ0) is 15.3. The van der Waals surface area contributed by atoms with Gasteiger partial charge in [0.05, 0.1) is 5.52 Å². The standard InChI is InChI=1S/C19H17NO2/c1-13-12-18(21)20(17-11-7-6-10-16(13)17)19(14(2)22-19)15-8-4-3-5-9-15/h3-12,14H,1-2H3/t14-,19+/m1/s1. The molecule has 1 fully saturated rings. The highest BCUT2D eigenvalue weighted by atomic mass is 16.6. The van der Waals surface area contributed by atoms with Gasteiger partial charge in [0.15, 0.2) is 0 Å². The van der Waals surface area contributed by atoms with Gasteiger partial charge in [-0.2, -0.15) is 0 Å². The van der Waals surface area contributed by atoms with Gasteiger partial charge in [0, 0.05) is 17.0 Å². The number of ether oxygens (including phenoxy) is 1. The van der Waals surface area contributed by atoms with Crippen molar-refractivity contribution in [2.45, 2.75) is 25.7 Å². The van der Waals surface area contributed by atoms with Crippen LogP contribution in [0.2, 0.25) is 0 Å². The van der Waals surface area contributed by atoms with E-state index in [0.29, 0.717) is 0 Å². The summed E-state index contributed by atoms with van der Waals surface area (Å²) in [5.74, 6) is 0. The average Bonchev–Trinajstić information content (AvgIpc) is 3.20. The van der Waals surface area contributed by atoms with Gasteiger partial charge in [0.2, 0.25) is 5.72 Å². The summed E-state index contributed by atoms with van der Waals surface area (Å²) in [5, 5.41) is 1.08. The Balaban J connectivity index is 2.08. The van der Waals surface area contributed by atoms with Crippen molar-refractivity contribution in [1.82, 2.24) is 4.57 Å². The average molecular weight is 291 g/mol. The van der Waals surface area contributed by atoms with Crippen molar-refractivity contribution in [3.05, 3.63) is 82.1 Å². The molecule has 0 spiro atoms. The maximum atomic E-state index is 12.7. The van der Waals surface area contributed by atoms with Crippen molar-refractivity contribution in [2.75, 3.05) is 0 Å². The van der Waals surface area contributed by atoms with Crippen molar-refractivity contribution in [3.63, 3.8) is 0 Å². The van der Waals surface area contributed by atoms with E-state index in [1.807, 2.05) is 68.4 Å². The highest BCUT2D eigenvalue weighted by molar-refractivity contribution is 5.82. The first kappa shape index (κ1) is 13.3. The maximum Gasteiger partial charge on any atom is 0.253 e. The third kappa shape index (κ3) is 1.69. The lowest BCUT2D eigenvalue weighted by atomic mass is 10.0. The molecule has 0 radical (unpaired) electrons. The zero-order valence-corrected chi connectivity index (χ0v) is 12.6. The van der Waals surface area contributed by atoms with Crippen LogP contribution in [0.1, 0.15) is 18.1 Å². The Labute approximate surface area is 128 Å². The molecule has 0 aliphatic carbocycles. The minimum atomic E-state index is -0.689. The lowest BCUT2D eigenvalue weighted by molar-refractivity contribution is 0.265. The first-order chi connectivity index (χ1) is 10.6. The van der Waals surface area contributed by atoms with E-state index in [1.165, 1.54) is 0 Å². The van der Waals surface area contributed by atoms with Crippen LogP contribution in [-0.4, -0.2) is 10.7 Å². The second-order valence-electron chi connectivity index (χ2n) is 5.84. The highest BCUT2D eigenvalue weighted by Crippen LogP contribution is 2.47. The minimum absolute atomic E-state index is 0.0237. The van der Waals surface area contributed by atoms with Gasteiger partial charge in [-0.05, 0) is 25.5 Å². The molecule has 22 heavy (non-hydrogen) atoms. The Morgan fingerprint density at radius 3 is 2.36 bits per heavy atom. The number of aromatic nitrogens is 1. The summed E-state index contributed by atoms with van der Waals surface area (Å²) >= 11 is 0. The molecule has 0 amide bonds. The van der Waals surface area contributed by atoms with Crippen LogP contribution in [0.4, 0.5) is 0 Å². The lowest BCUT2D eigenvalue weighted by Gasteiger charge is -2.20. The van der Waals surface area contributed by atoms with Gasteiger partial charge in [0.25, 0.3) is 5.56 Å². The molecular weight excluding hydrogens is 274 g/mol. The molecule has 1 aliphatic heterocycles. The Morgan fingerprint density at radius 1 is 1.05 bits per heavy atom. The summed E-state index contributed by atoms with van der Waals surface area (Å²) in [7, 11) is 0. The van der Waals surface area contributed by atoms with Crippen molar-refractivity contribution in [3.8, 4) is 0 Å². The summed E-state index contributed by atoms with van der Waals surface area (Å²) < 4.78 is 7.77. The quantitative estimate of drug-likeness (QED) is 0.678. The number of rotatable bonds is 2. The van der Waals surface area contributed by atoms with Crippen LogP contribution in [-0.2, 0) is 10.5 Å². The van der Waals surface area contributed by atoms with Crippen LogP contribution in [0, 0.1) is 6.92 Å². The Hall–Kier alpha value is -2.39. The number of nitrogens with zero attached hydrogens (tertiary/aromatic N) is 1. The fourth-order valence-electron chi connectivity index (χ4n) is 3.37. The summed E-state index contributed by atoms with van der Waals surface area (Å²) in [5.41, 5.74) is 2.21. The van der Waals surface area contributed by atoms with E-state index in [2.05, 4.69) is 0 Å². The molecule has 0 unspecified atom stereocenters. The Kier molecular flexibility index (Phi) is 2.75. The van der Waals surface area contributed by atoms with Crippen LogP contribution in [0.5, 0.6) is 0 Å². The van der Waals surface area contributed by atoms with Crippen molar-refractivity contribution in [2.24, 2.45) is 0 Å². The number of hydrogen-bond donors (Lipinski definition) is 0. The summed E-state index contributed by atoms with van der Waals surface area (Å²) in [6, 6.07) is 19.7. The molecule has 1 aliphatic rings. The molecule has 2 aromatic carbocycles. The first-order valence-corrected chi connectivity index (χ1v) is 7.50. The van der Waals surface area contributed by atoms with E-state index in [9.17, 15) is 4.79 Å². The number of aryl methyl sites for hydroxylation is 1. The molecule has 1 aromatic heterocycles. The van der Waals surface area contributed by atoms with Gasteiger partial charge in [-0.15, -0.1) is 0 Å². The number of benzene rings is 2. The second kappa shape index (κ2) is 4.55. The van der Waals surface area contributed by atoms with Crippen LogP contribution in [0.25, 0.3) is 10.9 Å². The molecule has 110 valence electrons. The monoisotopic (exact) mass is 291 g/mol. The first-order valence-electron chi connectivity index (χ1n) is 7.50. The van der Waals surface area contributed by atoms with Crippen LogP contribution in [0.3, 0.4) is 0 Å². The van der Waals surface area contributed by atoms with E-state index < -0.39 is 5.72 Å². The van der Waals surface area contributed by atoms with Crippen molar-refractivity contribution >= 4 is 10.9 Å².